The van der Waals surface area contributed by atoms with E-state index in [0.29, 0.717) is 12.4 Å². The van der Waals surface area contributed by atoms with Crippen molar-refractivity contribution in [1.29, 1.82) is 0 Å². The van der Waals surface area contributed by atoms with E-state index in [4.69, 9.17) is 9.15 Å². The Morgan fingerprint density at radius 3 is 2.78 bits per heavy atom. The fraction of sp³-hybridized carbons (Fsp3) is 0.286. The normalized spacial score (nSPS) is 10.3. The topological polar surface area (TPSA) is 52.3 Å². The number of hydrogen-bond donors (Lipinski definition) is 0. The minimum Gasteiger partial charge on any atom is -0.460 e. The van der Waals surface area contributed by atoms with Gasteiger partial charge in [0, 0.05) is 18.0 Å². The van der Waals surface area contributed by atoms with Gasteiger partial charge in [0.05, 0.1) is 12.9 Å². The first-order valence-electron chi connectivity index (χ1n) is 5.87. The Kier molecular flexibility index (Phi) is 4.12. The summed E-state index contributed by atoms with van der Waals surface area (Å²) in [5, 5.41) is 0. The molecule has 2 aromatic rings. The molecular formula is C14H15NO3. The molecule has 0 spiro atoms. The van der Waals surface area contributed by atoms with Gasteiger partial charge in [-0.05, 0) is 43.5 Å². The summed E-state index contributed by atoms with van der Waals surface area (Å²) in [7, 11) is 0. The van der Waals surface area contributed by atoms with Gasteiger partial charge >= 0.3 is 5.97 Å². The Bertz CT molecular complexity index is 505. The highest BCUT2D eigenvalue weighted by atomic mass is 16.5. The van der Waals surface area contributed by atoms with Crippen LogP contribution in [0.1, 0.15) is 28.1 Å². The molecule has 2 heterocycles. The molecule has 0 aliphatic rings. The Morgan fingerprint density at radius 1 is 1.33 bits per heavy atom. The summed E-state index contributed by atoms with van der Waals surface area (Å²) in [6, 6.07) is 5.66. The number of aromatic nitrogens is 1. The van der Waals surface area contributed by atoms with E-state index in [1.54, 1.807) is 18.5 Å². The Labute approximate surface area is 106 Å². The van der Waals surface area contributed by atoms with E-state index in [9.17, 15) is 4.79 Å². The Hall–Kier alpha value is -2.10. The second-order valence-corrected chi connectivity index (χ2v) is 4.03. The monoisotopic (exact) mass is 245 g/mol. The number of aryl methyl sites for hydroxylation is 2. The van der Waals surface area contributed by atoms with Gasteiger partial charge in [-0.2, -0.15) is 0 Å². The van der Waals surface area contributed by atoms with Crippen molar-refractivity contribution >= 4 is 5.97 Å². The number of rotatable bonds is 5. The summed E-state index contributed by atoms with van der Waals surface area (Å²) < 4.78 is 10.2. The summed E-state index contributed by atoms with van der Waals surface area (Å²) in [6.45, 7) is 2.21. The van der Waals surface area contributed by atoms with Gasteiger partial charge in [-0.25, -0.2) is 4.79 Å². The molecule has 18 heavy (non-hydrogen) atoms. The van der Waals surface area contributed by atoms with Crippen LogP contribution in [0.15, 0.2) is 41.3 Å². The molecule has 2 rings (SSSR count). The van der Waals surface area contributed by atoms with Crippen molar-refractivity contribution in [1.82, 2.24) is 4.98 Å². The van der Waals surface area contributed by atoms with Crippen LogP contribution in [0.4, 0.5) is 0 Å². The summed E-state index contributed by atoms with van der Waals surface area (Å²) in [5.41, 5.74) is 1.99. The van der Waals surface area contributed by atoms with Crippen LogP contribution in [0.5, 0.6) is 0 Å². The quantitative estimate of drug-likeness (QED) is 0.600. The van der Waals surface area contributed by atoms with E-state index < -0.39 is 5.97 Å². The molecule has 4 nitrogen and oxygen atoms in total. The van der Waals surface area contributed by atoms with Gasteiger partial charge in [-0.1, -0.05) is 0 Å². The van der Waals surface area contributed by atoms with Gasteiger partial charge in [0.15, 0.2) is 0 Å². The molecule has 0 fully saturated rings. The molecule has 2 aromatic heterocycles. The molecule has 0 aliphatic carbocycles. The lowest BCUT2D eigenvalue weighted by Gasteiger charge is -2.03. The maximum atomic E-state index is 11.6. The van der Waals surface area contributed by atoms with E-state index in [1.165, 1.54) is 11.8 Å². The number of carbonyl (C=O) groups is 1. The number of nitrogens with zero attached hydrogens (tertiary/aromatic N) is 1. The average molecular weight is 245 g/mol. The third kappa shape index (κ3) is 3.20. The second kappa shape index (κ2) is 6.00. The van der Waals surface area contributed by atoms with Gasteiger partial charge in [0.2, 0.25) is 5.76 Å². The molecule has 0 radical (unpaired) electrons. The van der Waals surface area contributed by atoms with Crippen LogP contribution in [0.25, 0.3) is 0 Å². The molecule has 0 aliphatic heterocycles. The smallest absolute Gasteiger partial charge is 0.374 e. The molecule has 0 amide bonds. The van der Waals surface area contributed by atoms with Gasteiger partial charge < -0.3 is 9.15 Å². The zero-order valence-electron chi connectivity index (χ0n) is 10.3. The van der Waals surface area contributed by atoms with Gasteiger partial charge in [-0.15, -0.1) is 0 Å². The van der Waals surface area contributed by atoms with Crippen molar-refractivity contribution < 1.29 is 13.9 Å². The molecule has 0 aromatic carbocycles. The van der Waals surface area contributed by atoms with Crippen LogP contribution >= 0.6 is 0 Å². The number of ether oxygens (including phenoxy) is 1. The highest BCUT2D eigenvalue weighted by Crippen LogP contribution is 2.10. The van der Waals surface area contributed by atoms with Crippen molar-refractivity contribution in [3.8, 4) is 0 Å². The molecule has 0 saturated carbocycles. The molecule has 4 heteroatoms. The summed E-state index contributed by atoms with van der Waals surface area (Å²) >= 11 is 0. The minimum atomic E-state index is -0.396. The second-order valence-electron chi connectivity index (χ2n) is 4.03. The largest absolute Gasteiger partial charge is 0.460 e. The van der Waals surface area contributed by atoms with Crippen LogP contribution in [0, 0.1) is 6.92 Å². The maximum Gasteiger partial charge on any atom is 0.374 e. The van der Waals surface area contributed by atoms with Crippen LogP contribution in [0.2, 0.25) is 0 Å². The zero-order valence-corrected chi connectivity index (χ0v) is 10.3. The first-order chi connectivity index (χ1) is 8.77. The highest BCUT2D eigenvalue weighted by Gasteiger charge is 2.13. The van der Waals surface area contributed by atoms with Crippen molar-refractivity contribution in [2.75, 3.05) is 6.61 Å². The number of pyridine rings is 1. The number of furan rings is 1. The van der Waals surface area contributed by atoms with Crippen molar-refractivity contribution in [3.05, 3.63) is 53.7 Å². The third-order valence-electron chi connectivity index (χ3n) is 2.64. The van der Waals surface area contributed by atoms with Crippen molar-refractivity contribution in [3.63, 3.8) is 0 Å². The van der Waals surface area contributed by atoms with Gasteiger partial charge in [0.25, 0.3) is 0 Å². The molecule has 0 bridgehead atoms. The van der Waals surface area contributed by atoms with Crippen molar-refractivity contribution in [2.24, 2.45) is 0 Å². The predicted molar refractivity (Wildman–Crippen MR) is 66.3 cm³/mol. The lowest BCUT2D eigenvalue weighted by Crippen LogP contribution is -2.07. The van der Waals surface area contributed by atoms with Crippen LogP contribution in [-0.2, 0) is 11.2 Å². The Morgan fingerprint density at radius 2 is 2.11 bits per heavy atom. The maximum absolute atomic E-state index is 11.6. The average Bonchev–Trinajstić information content (AvgIpc) is 2.82. The number of carbonyl (C=O) groups excluding carboxylic acids is 1. The molecule has 94 valence electrons. The third-order valence-corrected chi connectivity index (χ3v) is 2.64. The zero-order chi connectivity index (χ0) is 12.8. The van der Waals surface area contributed by atoms with Crippen LogP contribution in [0.3, 0.4) is 0 Å². The molecule has 0 saturated heterocycles. The first kappa shape index (κ1) is 12.4. The van der Waals surface area contributed by atoms with Crippen LogP contribution in [-0.4, -0.2) is 17.6 Å². The van der Waals surface area contributed by atoms with E-state index in [-0.39, 0.29) is 0 Å². The van der Waals surface area contributed by atoms with E-state index >= 15 is 0 Å². The highest BCUT2D eigenvalue weighted by molar-refractivity contribution is 5.87. The minimum absolute atomic E-state index is 0.291. The SMILES string of the molecule is Cc1ccoc1C(=O)OCCCc1ccncc1. The number of esters is 1. The van der Waals surface area contributed by atoms with Crippen LogP contribution < -0.4 is 0 Å². The summed E-state index contributed by atoms with van der Waals surface area (Å²) in [6.07, 6.45) is 6.66. The lowest BCUT2D eigenvalue weighted by molar-refractivity contribution is 0.0463. The van der Waals surface area contributed by atoms with Gasteiger partial charge in [-0.3, -0.25) is 4.98 Å². The van der Waals surface area contributed by atoms with E-state index in [0.717, 1.165) is 18.4 Å². The van der Waals surface area contributed by atoms with E-state index in [2.05, 4.69) is 4.98 Å². The molecule has 0 atom stereocenters. The van der Waals surface area contributed by atoms with E-state index in [1.807, 2.05) is 19.1 Å². The lowest BCUT2D eigenvalue weighted by atomic mass is 10.1. The fourth-order valence-electron chi connectivity index (χ4n) is 1.64. The summed E-state index contributed by atoms with van der Waals surface area (Å²) in [4.78, 5) is 15.6. The fourth-order valence-corrected chi connectivity index (χ4v) is 1.64. The summed E-state index contributed by atoms with van der Waals surface area (Å²) in [5.74, 6) is -0.105. The molecular weight excluding hydrogens is 230 g/mol. The molecule has 0 unspecified atom stereocenters. The first-order valence-corrected chi connectivity index (χ1v) is 5.87. The van der Waals surface area contributed by atoms with Crippen molar-refractivity contribution in [2.45, 2.75) is 19.8 Å². The van der Waals surface area contributed by atoms with Gasteiger partial charge in [0.1, 0.15) is 0 Å². The molecule has 0 N–H and O–H groups in total. The Balaban J connectivity index is 1.73. The predicted octanol–water partition coefficient (Wildman–Crippen LogP) is 2.77. The number of hydrogen-bond acceptors (Lipinski definition) is 4. The standard InChI is InChI=1S/C14H15NO3/c1-11-6-10-17-13(11)14(16)18-9-2-3-12-4-7-15-8-5-12/h4-8,10H,2-3,9H2,1H3.